The molecule has 0 saturated carbocycles. The summed E-state index contributed by atoms with van der Waals surface area (Å²) in [6.07, 6.45) is 5.49. The van der Waals surface area contributed by atoms with Crippen LogP contribution in [0.5, 0.6) is 0 Å². The van der Waals surface area contributed by atoms with E-state index in [1.165, 1.54) is 0 Å². The zero-order valence-corrected chi connectivity index (χ0v) is 13.0. The van der Waals surface area contributed by atoms with Crippen LogP contribution in [0.1, 0.15) is 38.5 Å². The van der Waals surface area contributed by atoms with Crippen LogP contribution >= 0.6 is 0 Å². The number of amides is 2. The molecule has 0 aliphatic carbocycles. The van der Waals surface area contributed by atoms with Gasteiger partial charge in [0.05, 0.1) is 0 Å². The Kier molecular flexibility index (Phi) is 4.20. The molecule has 21 heavy (non-hydrogen) atoms. The van der Waals surface area contributed by atoms with E-state index in [0.717, 1.165) is 65.0 Å². The van der Waals surface area contributed by atoms with Crippen molar-refractivity contribution < 1.29 is 14.3 Å². The van der Waals surface area contributed by atoms with E-state index >= 15 is 0 Å². The number of hydrogen-bond donors (Lipinski definition) is 0. The van der Waals surface area contributed by atoms with Gasteiger partial charge in [0.2, 0.25) is 11.8 Å². The normalized spacial score (nSPS) is 27.2. The van der Waals surface area contributed by atoms with Gasteiger partial charge in [0.25, 0.3) is 0 Å². The molecule has 0 bridgehead atoms. The lowest BCUT2D eigenvalue weighted by molar-refractivity contribution is -0.145. The molecule has 0 N–H and O–H groups in total. The summed E-state index contributed by atoms with van der Waals surface area (Å²) < 4.78 is 5.34. The third-order valence-corrected chi connectivity index (χ3v) is 5.57. The quantitative estimate of drug-likeness (QED) is 0.732. The number of likely N-dealkylation sites (tertiary alicyclic amines) is 2. The molecule has 1 spiro atoms. The maximum absolute atomic E-state index is 12.5. The molecule has 118 valence electrons. The molecule has 3 rings (SSSR count). The summed E-state index contributed by atoms with van der Waals surface area (Å²) in [5.74, 6) is 0.762. The highest BCUT2D eigenvalue weighted by atomic mass is 16.5. The summed E-state index contributed by atoms with van der Waals surface area (Å²) in [4.78, 5) is 28.1. The van der Waals surface area contributed by atoms with Crippen LogP contribution in [0, 0.1) is 11.3 Å². The molecular weight excluding hydrogens is 268 g/mol. The van der Waals surface area contributed by atoms with Crippen LogP contribution in [-0.4, -0.2) is 61.5 Å². The fourth-order valence-electron chi connectivity index (χ4n) is 4.05. The number of carbonyl (C=O) groups excluding carboxylic acids is 2. The molecule has 3 aliphatic rings. The van der Waals surface area contributed by atoms with E-state index in [9.17, 15) is 9.59 Å². The van der Waals surface area contributed by atoms with Crippen molar-refractivity contribution in [3.05, 3.63) is 0 Å². The Bertz CT molecular complexity index is 410. The third-order valence-electron chi connectivity index (χ3n) is 5.57. The van der Waals surface area contributed by atoms with Crippen molar-refractivity contribution in [2.45, 2.75) is 38.5 Å². The fraction of sp³-hybridized carbons (Fsp3) is 0.875. The highest BCUT2D eigenvalue weighted by Crippen LogP contribution is 2.40. The lowest BCUT2D eigenvalue weighted by atomic mass is 9.72. The Labute approximate surface area is 126 Å². The van der Waals surface area contributed by atoms with Gasteiger partial charge in [0, 0.05) is 52.2 Å². The van der Waals surface area contributed by atoms with Gasteiger partial charge in [-0.3, -0.25) is 9.59 Å². The summed E-state index contributed by atoms with van der Waals surface area (Å²) in [6.45, 7) is 4.03. The average Bonchev–Trinajstić information content (AvgIpc) is 2.52. The van der Waals surface area contributed by atoms with Crippen LogP contribution in [0.3, 0.4) is 0 Å². The number of piperidine rings is 2. The Morgan fingerprint density at radius 2 is 1.86 bits per heavy atom. The Morgan fingerprint density at radius 3 is 2.48 bits per heavy atom. The third kappa shape index (κ3) is 3.07. The predicted octanol–water partition coefficient (Wildman–Crippen LogP) is 1.27. The number of rotatable bonds is 1. The molecule has 0 aromatic rings. The number of ether oxygens (including phenoxy) is 1. The zero-order chi connectivity index (χ0) is 14.9. The van der Waals surface area contributed by atoms with Gasteiger partial charge in [-0.25, -0.2) is 0 Å². The standard InChI is InChI=1S/C16H26N2O3/c1-17-12-16(5-2-14(17)19)6-8-18(9-7-16)15(20)13-3-10-21-11-4-13/h13H,2-12H2,1H3. The van der Waals surface area contributed by atoms with Gasteiger partial charge in [-0.1, -0.05) is 0 Å². The first-order chi connectivity index (χ1) is 10.1. The molecule has 0 unspecified atom stereocenters. The van der Waals surface area contributed by atoms with Crippen LogP contribution in [0.4, 0.5) is 0 Å². The monoisotopic (exact) mass is 294 g/mol. The summed E-state index contributed by atoms with van der Waals surface area (Å²) in [7, 11) is 1.91. The largest absolute Gasteiger partial charge is 0.381 e. The minimum Gasteiger partial charge on any atom is -0.381 e. The molecular formula is C16H26N2O3. The molecule has 3 heterocycles. The van der Waals surface area contributed by atoms with Gasteiger partial charge in [-0.05, 0) is 37.5 Å². The van der Waals surface area contributed by atoms with Crippen molar-refractivity contribution in [3.8, 4) is 0 Å². The highest BCUT2D eigenvalue weighted by molar-refractivity contribution is 5.79. The number of nitrogens with zero attached hydrogens (tertiary/aromatic N) is 2. The lowest BCUT2D eigenvalue weighted by Gasteiger charge is -2.47. The van der Waals surface area contributed by atoms with Crippen LogP contribution < -0.4 is 0 Å². The van der Waals surface area contributed by atoms with Crippen LogP contribution in [-0.2, 0) is 14.3 Å². The number of carbonyl (C=O) groups is 2. The van der Waals surface area contributed by atoms with E-state index in [1.54, 1.807) is 0 Å². The van der Waals surface area contributed by atoms with Crippen molar-refractivity contribution in [2.75, 3.05) is 39.9 Å². The van der Waals surface area contributed by atoms with Gasteiger partial charge in [0.1, 0.15) is 0 Å². The molecule has 0 aromatic heterocycles. The molecule has 0 radical (unpaired) electrons. The van der Waals surface area contributed by atoms with Gasteiger partial charge in [-0.2, -0.15) is 0 Å². The maximum Gasteiger partial charge on any atom is 0.225 e. The second-order valence-electron chi connectivity index (χ2n) is 6.96. The summed E-state index contributed by atoms with van der Waals surface area (Å²) in [5, 5.41) is 0. The fourth-order valence-corrected chi connectivity index (χ4v) is 4.05. The predicted molar refractivity (Wildman–Crippen MR) is 78.7 cm³/mol. The summed E-state index contributed by atoms with van der Waals surface area (Å²) >= 11 is 0. The van der Waals surface area contributed by atoms with E-state index in [1.807, 2.05) is 11.9 Å². The van der Waals surface area contributed by atoms with Gasteiger partial charge >= 0.3 is 0 Å². The van der Waals surface area contributed by atoms with E-state index in [4.69, 9.17) is 4.74 Å². The van der Waals surface area contributed by atoms with Gasteiger partial charge < -0.3 is 14.5 Å². The van der Waals surface area contributed by atoms with E-state index in [0.29, 0.717) is 12.3 Å². The molecule has 3 aliphatic heterocycles. The van der Waals surface area contributed by atoms with E-state index < -0.39 is 0 Å². The summed E-state index contributed by atoms with van der Waals surface area (Å²) in [5.41, 5.74) is 0.259. The van der Waals surface area contributed by atoms with Crippen molar-refractivity contribution in [1.29, 1.82) is 0 Å². The SMILES string of the molecule is CN1CC2(CCC1=O)CCN(C(=O)C1CCOCC1)CC2. The first-order valence-electron chi connectivity index (χ1n) is 8.20. The molecule has 3 saturated heterocycles. The first kappa shape index (κ1) is 14.8. The van der Waals surface area contributed by atoms with Crippen molar-refractivity contribution in [2.24, 2.45) is 11.3 Å². The minimum atomic E-state index is 0.170. The van der Waals surface area contributed by atoms with Crippen LogP contribution in [0.15, 0.2) is 0 Å². The topological polar surface area (TPSA) is 49.9 Å². The van der Waals surface area contributed by atoms with E-state index in [-0.39, 0.29) is 17.2 Å². The molecule has 5 heteroatoms. The Morgan fingerprint density at radius 1 is 1.19 bits per heavy atom. The molecule has 0 atom stereocenters. The first-order valence-corrected chi connectivity index (χ1v) is 8.20. The molecule has 5 nitrogen and oxygen atoms in total. The highest BCUT2D eigenvalue weighted by Gasteiger charge is 2.41. The second-order valence-corrected chi connectivity index (χ2v) is 6.96. The Hall–Kier alpha value is -1.10. The van der Waals surface area contributed by atoms with Crippen LogP contribution in [0.25, 0.3) is 0 Å². The van der Waals surface area contributed by atoms with E-state index in [2.05, 4.69) is 4.90 Å². The minimum absolute atomic E-state index is 0.170. The lowest BCUT2D eigenvalue weighted by Crippen LogP contribution is -2.52. The smallest absolute Gasteiger partial charge is 0.225 e. The molecule has 3 fully saturated rings. The maximum atomic E-state index is 12.5. The zero-order valence-electron chi connectivity index (χ0n) is 13.0. The van der Waals surface area contributed by atoms with Gasteiger partial charge in [-0.15, -0.1) is 0 Å². The van der Waals surface area contributed by atoms with Crippen molar-refractivity contribution >= 4 is 11.8 Å². The molecule has 2 amide bonds. The second kappa shape index (κ2) is 5.95. The van der Waals surface area contributed by atoms with Gasteiger partial charge in [0.15, 0.2) is 0 Å². The summed E-state index contributed by atoms with van der Waals surface area (Å²) in [6, 6.07) is 0. The van der Waals surface area contributed by atoms with Crippen molar-refractivity contribution in [3.63, 3.8) is 0 Å². The molecule has 0 aromatic carbocycles. The number of hydrogen-bond acceptors (Lipinski definition) is 3. The average molecular weight is 294 g/mol. The van der Waals surface area contributed by atoms with Crippen molar-refractivity contribution in [1.82, 2.24) is 9.80 Å². The Balaban J connectivity index is 1.55. The van der Waals surface area contributed by atoms with Crippen LogP contribution in [0.2, 0.25) is 0 Å².